The predicted octanol–water partition coefficient (Wildman–Crippen LogP) is 1.51. The molecule has 3 rings (SSSR count). The average molecular weight is 308 g/mol. The van der Waals surface area contributed by atoms with E-state index in [0.29, 0.717) is 29.0 Å². The third kappa shape index (κ3) is 3.10. The first-order valence-electron chi connectivity index (χ1n) is 7.19. The van der Waals surface area contributed by atoms with E-state index in [1.165, 1.54) is 0 Å². The molecular weight excluding hydrogens is 290 g/mol. The first kappa shape index (κ1) is 14.5. The molecule has 1 unspecified atom stereocenters. The van der Waals surface area contributed by atoms with Crippen LogP contribution in [0, 0.1) is 0 Å². The van der Waals surface area contributed by atoms with E-state index in [9.17, 15) is 9.90 Å². The Morgan fingerprint density at radius 2 is 2.24 bits per heavy atom. The molecular formula is C15H18ClN3O2. The lowest BCUT2D eigenvalue weighted by atomic mass is 10.1. The minimum Gasteiger partial charge on any atom is -0.392 e. The molecule has 0 radical (unpaired) electrons. The standard InChI is InChI=1S/C15H18ClN3O2/c16-12-4-1-5-13-14(12)15(21)19(10-17-13)8-7-18-6-2-3-11(20)9-18/h1,4-5,10-11,20H,2-3,6-9H2. The first-order valence-corrected chi connectivity index (χ1v) is 7.57. The molecule has 1 aromatic heterocycles. The van der Waals surface area contributed by atoms with Crippen LogP contribution in [-0.2, 0) is 6.54 Å². The topological polar surface area (TPSA) is 58.4 Å². The zero-order valence-electron chi connectivity index (χ0n) is 11.7. The van der Waals surface area contributed by atoms with Gasteiger partial charge in [0.15, 0.2) is 0 Å². The summed E-state index contributed by atoms with van der Waals surface area (Å²) in [4.78, 5) is 18.9. The maximum absolute atomic E-state index is 12.5. The van der Waals surface area contributed by atoms with Crippen molar-refractivity contribution in [3.8, 4) is 0 Å². The second kappa shape index (κ2) is 6.13. The number of benzene rings is 1. The zero-order valence-corrected chi connectivity index (χ0v) is 12.5. The summed E-state index contributed by atoms with van der Waals surface area (Å²) in [7, 11) is 0. The summed E-state index contributed by atoms with van der Waals surface area (Å²) in [6.07, 6.45) is 3.18. The van der Waals surface area contributed by atoms with Gasteiger partial charge in [-0.15, -0.1) is 0 Å². The van der Waals surface area contributed by atoms with Gasteiger partial charge in [0.05, 0.1) is 28.4 Å². The van der Waals surface area contributed by atoms with Crippen molar-refractivity contribution in [1.29, 1.82) is 0 Å². The highest BCUT2D eigenvalue weighted by molar-refractivity contribution is 6.35. The molecule has 5 nitrogen and oxygen atoms in total. The number of β-amino-alcohol motifs (C(OH)–C–C–N with tert-alkyl or cyclic N) is 1. The Kier molecular flexibility index (Phi) is 4.24. The second-order valence-corrected chi connectivity index (χ2v) is 5.88. The summed E-state index contributed by atoms with van der Waals surface area (Å²) in [5.41, 5.74) is 0.514. The van der Waals surface area contributed by atoms with Crippen LogP contribution >= 0.6 is 11.6 Å². The quantitative estimate of drug-likeness (QED) is 0.934. The van der Waals surface area contributed by atoms with Crippen LogP contribution in [0.5, 0.6) is 0 Å². The number of aliphatic hydroxyl groups is 1. The minimum atomic E-state index is -0.250. The monoisotopic (exact) mass is 307 g/mol. The summed E-state index contributed by atoms with van der Waals surface area (Å²) in [5, 5.41) is 10.6. The lowest BCUT2D eigenvalue weighted by Crippen LogP contribution is -2.40. The molecule has 0 bridgehead atoms. The second-order valence-electron chi connectivity index (χ2n) is 5.47. The molecule has 2 aromatic rings. The van der Waals surface area contributed by atoms with Crippen molar-refractivity contribution in [2.75, 3.05) is 19.6 Å². The van der Waals surface area contributed by atoms with Gasteiger partial charge in [-0.05, 0) is 31.5 Å². The van der Waals surface area contributed by atoms with Crippen LogP contribution in [-0.4, -0.2) is 45.3 Å². The van der Waals surface area contributed by atoms with E-state index < -0.39 is 0 Å². The molecule has 1 saturated heterocycles. The molecule has 0 amide bonds. The molecule has 0 saturated carbocycles. The summed E-state index contributed by atoms with van der Waals surface area (Å²) in [6.45, 7) is 2.93. The lowest BCUT2D eigenvalue weighted by Gasteiger charge is -2.29. The Balaban J connectivity index is 1.80. The Morgan fingerprint density at radius 3 is 3.05 bits per heavy atom. The predicted molar refractivity (Wildman–Crippen MR) is 82.7 cm³/mol. The van der Waals surface area contributed by atoms with Gasteiger partial charge >= 0.3 is 0 Å². The molecule has 0 aliphatic carbocycles. The van der Waals surface area contributed by atoms with Gasteiger partial charge in [-0.1, -0.05) is 17.7 Å². The Morgan fingerprint density at radius 1 is 1.38 bits per heavy atom. The van der Waals surface area contributed by atoms with Crippen LogP contribution in [0.3, 0.4) is 0 Å². The molecule has 1 aliphatic rings. The van der Waals surface area contributed by atoms with E-state index in [1.807, 2.05) is 0 Å². The van der Waals surface area contributed by atoms with E-state index in [4.69, 9.17) is 11.6 Å². The van der Waals surface area contributed by atoms with E-state index in [2.05, 4.69) is 9.88 Å². The SMILES string of the molecule is O=c1c2c(Cl)cccc2ncn1CCN1CCCC(O)C1. The van der Waals surface area contributed by atoms with E-state index in [-0.39, 0.29) is 11.7 Å². The Bertz CT molecular complexity index is 701. The fourth-order valence-electron chi connectivity index (χ4n) is 2.80. The number of nitrogens with zero attached hydrogens (tertiary/aromatic N) is 3. The van der Waals surface area contributed by atoms with Crippen LogP contribution in [0.1, 0.15) is 12.8 Å². The van der Waals surface area contributed by atoms with Crippen molar-refractivity contribution in [1.82, 2.24) is 14.5 Å². The molecule has 112 valence electrons. The van der Waals surface area contributed by atoms with Crippen LogP contribution in [0.4, 0.5) is 0 Å². The minimum absolute atomic E-state index is 0.108. The van der Waals surface area contributed by atoms with Crippen molar-refractivity contribution < 1.29 is 5.11 Å². The summed E-state index contributed by atoms with van der Waals surface area (Å²) >= 11 is 6.11. The van der Waals surface area contributed by atoms with Gasteiger partial charge in [0.2, 0.25) is 0 Å². The number of hydrogen-bond acceptors (Lipinski definition) is 4. The van der Waals surface area contributed by atoms with Gasteiger partial charge in [0, 0.05) is 19.6 Å². The van der Waals surface area contributed by atoms with Crippen molar-refractivity contribution in [2.24, 2.45) is 0 Å². The van der Waals surface area contributed by atoms with Gasteiger partial charge in [0.1, 0.15) is 0 Å². The molecule has 0 spiro atoms. The number of likely N-dealkylation sites (tertiary alicyclic amines) is 1. The van der Waals surface area contributed by atoms with Gasteiger partial charge in [0.25, 0.3) is 5.56 Å². The van der Waals surface area contributed by atoms with Crippen molar-refractivity contribution in [3.05, 3.63) is 39.9 Å². The molecule has 1 aromatic carbocycles. The first-order chi connectivity index (χ1) is 10.1. The lowest BCUT2D eigenvalue weighted by molar-refractivity contribution is 0.0687. The van der Waals surface area contributed by atoms with Gasteiger partial charge in [-0.25, -0.2) is 4.98 Å². The highest BCUT2D eigenvalue weighted by Crippen LogP contribution is 2.17. The third-order valence-corrected chi connectivity index (χ3v) is 4.26. The van der Waals surface area contributed by atoms with Crippen LogP contribution in [0.25, 0.3) is 10.9 Å². The summed E-state index contributed by atoms with van der Waals surface area (Å²) < 4.78 is 1.59. The van der Waals surface area contributed by atoms with E-state index in [0.717, 1.165) is 25.9 Å². The number of rotatable bonds is 3. The smallest absolute Gasteiger partial charge is 0.262 e. The summed E-state index contributed by atoms with van der Waals surface area (Å²) in [6, 6.07) is 5.28. The fraction of sp³-hybridized carbons (Fsp3) is 0.467. The molecule has 6 heteroatoms. The summed E-state index contributed by atoms with van der Waals surface area (Å²) in [5.74, 6) is 0. The maximum Gasteiger partial charge on any atom is 0.262 e. The number of aromatic nitrogens is 2. The molecule has 2 heterocycles. The normalized spacial score (nSPS) is 20.0. The Hall–Kier alpha value is -1.43. The van der Waals surface area contributed by atoms with Crippen LogP contribution in [0.15, 0.2) is 29.3 Å². The number of halogens is 1. The van der Waals surface area contributed by atoms with Gasteiger partial charge in [-0.3, -0.25) is 14.3 Å². The van der Waals surface area contributed by atoms with Crippen molar-refractivity contribution >= 4 is 22.5 Å². The molecule has 1 N–H and O–H groups in total. The third-order valence-electron chi connectivity index (χ3n) is 3.94. The molecule has 1 fully saturated rings. The van der Waals surface area contributed by atoms with E-state index >= 15 is 0 Å². The molecule has 1 aliphatic heterocycles. The molecule has 1 atom stereocenters. The highest BCUT2D eigenvalue weighted by atomic mass is 35.5. The number of aliphatic hydroxyl groups excluding tert-OH is 1. The van der Waals surface area contributed by atoms with E-state index in [1.54, 1.807) is 29.1 Å². The number of fused-ring (bicyclic) bond motifs is 1. The average Bonchev–Trinajstić information content (AvgIpc) is 2.47. The van der Waals surface area contributed by atoms with Crippen LogP contribution in [0.2, 0.25) is 5.02 Å². The molecule has 21 heavy (non-hydrogen) atoms. The zero-order chi connectivity index (χ0) is 14.8. The van der Waals surface area contributed by atoms with Gasteiger partial charge in [-0.2, -0.15) is 0 Å². The highest BCUT2D eigenvalue weighted by Gasteiger charge is 2.17. The number of piperidine rings is 1. The Labute approximate surface area is 127 Å². The fourth-order valence-corrected chi connectivity index (χ4v) is 3.05. The largest absolute Gasteiger partial charge is 0.392 e. The van der Waals surface area contributed by atoms with Crippen molar-refractivity contribution in [3.63, 3.8) is 0 Å². The maximum atomic E-state index is 12.5. The number of hydrogen-bond donors (Lipinski definition) is 1. The van der Waals surface area contributed by atoms with Crippen LogP contribution < -0.4 is 5.56 Å². The van der Waals surface area contributed by atoms with Gasteiger partial charge < -0.3 is 5.11 Å². The van der Waals surface area contributed by atoms with Crippen molar-refractivity contribution in [2.45, 2.75) is 25.5 Å².